The number of thiol groups is 1. The van der Waals surface area contributed by atoms with Gasteiger partial charge in [0.05, 0.1) is 24.9 Å². The lowest BCUT2D eigenvalue weighted by molar-refractivity contribution is -0.106. The van der Waals surface area contributed by atoms with Crippen LogP contribution in [0.3, 0.4) is 0 Å². The van der Waals surface area contributed by atoms with E-state index in [2.05, 4.69) is 33.4 Å². The second kappa shape index (κ2) is 7.57. The van der Waals surface area contributed by atoms with Gasteiger partial charge in [-0.1, -0.05) is 13.3 Å². The van der Waals surface area contributed by atoms with Gasteiger partial charge >= 0.3 is 0 Å². The molecule has 1 saturated heterocycles. The van der Waals surface area contributed by atoms with Gasteiger partial charge in [0.25, 0.3) is 0 Å². The van der Waals surface area contributed by atoms with Gasteiger partial charge in [0.1, 0.15) is 0 Å². The SMILES string of the molecule is CCCC(CS)COC1CC(C)OC(C)C1. The van der Waals surface area contributed by atoms with Gasteiger partial charge in [-0.25, -0.2) is 0 Å². The summed E-state index contributed by atoms with van der Waals surface area (Å²) < 4.78 is 11.7. The standard InChI is InChI=1S/C13H26O2S/c1-4-5-12(9-16)8-14-13-6-10(2)15-11(3)7-13/h10-13,16H,4-9H2,1-3H3. The lowest BCUT2D eigenvalue weighted by Gasteiger charge is -2.32. The smallest absolute Gasteiger partial charge is 0.0624 e. The molecule has 1 fully saturated rings. The van der Waals surface area contributed by atoms with Crippen molar-refractivity contribution in [1.82, 2.24) is 0 Å². The normalized spacial score (nSPS) is 32.6. The van der Waals surface area contributed by atoms with E-state index in [1.54, 1.807) is 0 Å². The molecule has 0 bridgehead atoms. The summed E-state index contributed by atoms with van der Waals surface area (Å²) in [5.74, 6) is 1.55. The molecule has 0 N–H and O–H groups in total. The average molecular weight is 246 g/mol. The summed E-state index contributed by atoms with van der Waals surface area (Å²) in [6.45, 7) is 7.35. The van der Waals surface area contributed by atoms with Crippen LogP contribution in [0.2, 0.25) is 0 Å². The van der Waals surface area contributed by atoms with Gasteiger partial charge in [-0.3, -0.25) is 0 Å². The average Bonchev–Trinajstić information content (AvgIpc) is 2.23. The molecule has 0 aliphatic carbocycles. The molecule has 0 aromatic carbocycles. The van der Waals surface area contributed by atoms with Crippen molar-refractivity contribution in [2.75, 3.05) is 12.4 Å². The van der Waals surface area contributed by atoms with Crippen molar-refractivity contribution in [2.45, 2.75) is 64.8 Å². The molecular formula is C13H26O2S. The van der Waals surface area contributed by atoms with E-state index in [4.69, 9.17) is 9.47 Å². The minimum absolute atomic E-state index is 0.342. The Hall–Kier alpha value is 0.270. The maximum atomic E-state index is 6.00. The number of hydrogen-bond acceptors (Lipinski definition) is 3. The van der Waals surface area contributed by atoms with Crippen LogP contribution >= 0.6 is 12.6 Å². The summed E-state index contributed by atoms with van der Waals surface area (Å²) in [6.07, 6.45) is 5.58. The number of ether oxygens (including phenoxy) is 2. The van der Waals surface area contributed by atoms with Gasteiger partial charge in [0.2, 0.25) is 0 Å². The lowest BCUT2D eigenvalue weighted by Crippen LogP contribution is -2.35. The molecule has 1 rings (SSSR count). The lowest BCUT2D eigenvalue weighted by atomic mass is 10.0. The Morgan fingerprint density at radius 1 is 1.31 bits per heavy atom. The highest BCUT2D eigenvalue weighted by molar-refractivity contribution is 7.80. The second-order valence-electron chi connectivity index (χ2n) is 5.02. The Balaban J connectivity index is 2.25. The molecule has 0 amide bonds. The van der Waals surface area contributed by atoms with E-state index in [0.29, 0.717) is 24.2 Å². The summed E-state index contributed by atoms with van der Waals surface area (Å²) in [7, 11) is 0. The summed E-state index contributed by atoms with van der Waals surface area (Å²) in [5.41, 5.74) is 0. The highest BCUT2D eigenvalue weighted by atomic mass is 32.1. The van der Waals surface area contributed by atoms with Crippen molar-refractivity contribution < 1.29 is 9.47 Å². The first kappa shape index (κ1) is 14.3. The molecule has 3 unspecified atom stereocenters. The predicted octanol–water partition coefficient (Wildman–Crippen LogP) is 3.31. The van der Waals surface area contributed by atoms with Crippen LogP contribution < -0.4 is 0 Å². The van der Waals surface area contributed by atoms with Crippen molar-refractivity contribution in [3.63, 3.8) is 0 Å². The van der Waals surface area contributed by atoms with Gasteiger partial charge in [0, 0.05) is 0 Å². The van der Waals surface area contributed by atoms with Crippen LogP contribution in [0.15, 0.2) is 0 Å². The molecule has 96 valence electrons. The van der Waals surface area contributed by atoms with Crippen LogP contribution in [0.5, 0.6) is 0 Å². The van der Waals surface area contributed by atoms with Crippen LogP contribution in [0.1, 0.15) is 46.5 Å². The van der Waals surface area contributed by atoms with Crippen LogP contribution in [-0.2, 0) is 9.47 Å². The fourth-order valence-electron chi connectivity index (χ4n) is 2.39. The zero-order chi connectivity index (χ0) is 12.0. The first-order valence-corrected chi connectivity index (χ1v) is 7.16. The third-order valence-electron chi connectivity index (χ3n) is 3.18. The molecule has 16 heavy (non-hydrogen) atoms. The minimum atomic E-state index is 0.342. The van der Waals surface area contributed by atoms with Crippen molar-refractivity contribution in [3.8, 4) is 0 Å². The van der Waals surface area contributed by atoms with Crippen molar-refractivity contribution in [3.05, 3.63) is 0 Å². The van der Waals surface area contributed by atoms with Gasteiger partial charge in [0.15, 0.2) is 0 Å². The first-order valence-electron chi connectivity index (χ1n) is 6.53. The number of hydrogen-bond donors (Lipinski definition) is 1. The molecule has 0 aromatic heterocycles. The number of rotatable bonds is 6. The van der Waals surface area contributed by atoms with Crippen LogP contribution in [0.25, 0.3) is 0 Å². The third kappa shape index (κ3) is 5.07. The van der Waals surface area contributed by atoms with Crippen molar-refractivity contribution in [1.29, 1.82) is 0 Å². The third-order valence-corrected chi connectivity index (χ3v) is 3.69. The molecule has 3 heteroatoms. The maximum Gasteiger partial charge on any atom is 0.0624 e. The van der Waals surface area contributed by atoms with Gasteiger partial charge < -0.3 is 9.47 Å². The molecule has 2 nitrogen and oxygen atoms in total. The van der Waals surface area contributed by atoms with Crippen molar-refractivity contribution in [2.24, 2.45) is 5.92 Å². The minimum Gasteiger partial charge on any atom is -0.378 e. The molecule has 1 heterocycles. The quantitative estimate of drug-likeness (QED) is 0.725. The molecule has 0 radical (unpaired) electrons. The molecule has 1 aliphatic heterocycles. The fraction of sp³-hybridized carbons (Fsp3) is 1.00. The van der Waals surface area contributed by atoms with E-state index in [1.807, 2.05) is 0 Å². The van der Waals surface area contributed by atoms with E-state index < -0.39 is 0 Å². The van der Waals surface area contributed by atoms with Gasteiger partial charge in [-0.15, -0.1) is 0 Å². The molecular weight excluding hydrogens is 220 g/mol. The molecule has 0 saturated carbocycles. The zero-order valence-corrected chi connectivity index (χ0v) is 11.7. The Bertz CT molecular complexity index is 177. The molecule has 3 atom stereocenters. The van der Waals surface area contributed by atoms with E-state index in [9.17, 15) is 0 Å². The van der Waals surface area contributed by atoms with Crippen molar-refractivity contribution >= 4 is 12.6 Å². The highest BCUT2D eigenvalue weighted by Gasteiger charge is 2.25. The Labute approximate surface area is 105 Å². The van der Waals surface area contributed by atoms with E-state index >= 15 is 0 Å². The molecule has 1 aliphatic rings. The largest absolute Gasteiger partial charge is 0.378 e. The fourth-order valence-corrected chi connectivity index (χ4v) is 2.68. The van der Waals surface area contributed by atoms with Gasteiger partial charge in [-0.2, -0.15) is 12.6 Å². The van der Waals surface area contributed by atoms with Crippen LogP contribution in [-0.4, -0.2) is 30.7 Å². The Morgan fingerprint density at radius 2 is 1.94 bits per heavy atom. The van der Waals surface area contributed by atoms with Crippen LogP contribution in [0, 0.1) is 5.92 Å². The summed E-state index contributed by atoms with van der Waals surface area (Å²) in [6, 6.07) is 0. The van der Waals surface area contributed by atoms with Gasteiger partial charge in [-0.05, 0) is 44.8 Å². The topological polar surface area (TPSA) is 18.5 Å². The zero-order valence-electron chi connectivity index (χ0n) is 10.8. The Kier molecular flexibility index (Phi) is 6.78. The van der Waals surface area contributed by atoms with Crippen LogP contribution in [0.4, 0.5) is 0 Å². The summed E-state index contributed by atoms with van der Waals surface area (Å²) in [4.78, 5) is 0. The molecule has 0 spiro atoms. The first-order chi connectivity index (χ1) is 7.65. The Morgan fingerprint density at radius 3 is 2.44 bits per heavy atom. The summed E-state index contributed by atoms with van der Waals surface area (Å²) in [5, 5.41) is 0. The summed E-state index contributed by atoms with van der Waals surface area (Å²) >= 11 is 4.38. The van der Waals surface area contributed by atoms with E-state index in [0.717, 1.165) is 25.2 Å². The second-order valence-corrected chi connectivity index (χ2v) is 5.39. The highest BCUT2D eigenvalue weighted by Crippen LogP contribution is 2.22. The molecule has 0 aromatic rings. The maximum absolute atomic E-state index is 6.00. The van der Waals surface area contributed by atoms with E-state index in [-0.39, 0.29) is 0 Å². The van der Waals surface area contributed by atoms with E-state index in [1.165, 1.54) is 12.8 Å². The monoisotopic (exact) mass is 246 g/mol. The predicted molar refractivity (Wildman–Crippen MR) is 71.2 cm³/mol.